The maximum Gasteiger partial charge on any atom is 0.201 e. The lowest BCUT2D eigenvalue weighted by molar-refractivity contribution is 0.314. The molecule has 1 nitrogen and oxygen atoms in total. The van der Waals surface area contributed by atoms with Crippen molar-refractivity contribution in [2.45, 2.75) is 19.8 Å². The lowest BCUT2D eigenvalue weighted by Gasteiger charge is -2.11. The monoisotopic (exact) mass is 374 g/mol. The number of allylic oxidation sites excluding steroid dienone is 2. The Balaban J connectivity index is 2.35. The van der Waals surface area contributed by atoms with Gasteiger partial charge in [-0.2, -0.15) is 4.39 Å². The standard InChI is InChI=1S/C19H16F6O/c1-2-26-15-9-8-14(18(24)19(15)25)13-7-6-11(16(22)17(13)23)4-3-5-12(21)10-20/h5-9H,2-4,10H2,1H3. The first-order chi connectivity index (χ1) is 12.4. The van der Waals surface area contributed by atoms with Crippen LogP contribution in [0.2, 0.25) is 0 Å². The Bertz CT molecular complexity index is 816. The Morgan fingerprint density at radius 1 is 0.923 bits per heavy atom. The Hall–Kier alpha value is -2.44. The molecule has 2 aromatic rings. The normalized spacial score (nSPS) is 11.7. The molecule has 2 aromatic carbocycles. The third-order valence-electron chi connectivity index (χ3n) is 3.71. The van der Waals surface area contributed by atoms with Gasteiger partial charge in [-0.05, 0) is 43.5 Å². The molecule has 0 bridgehead atoms. The zero-order chi connectivity index (χ0) is 19.3. The van der Waals surface area contributed by atoms with Crippen molar-refractivity contribution < 1.29 is 31.1 Å². The summed E-state index contributed by atoms with van der Waals surface area (Å²) in [5.74, 6) is -6.55. The molecule has 0 radical (unpaired) electrons. The maximum atomic E-state index is 14.3. The summed E-state index contributed by atoms with van der Waals surface area (Å²) in [7, 11) is 0. The minimum Gasteiger partial charge on any atom is -0.491 e. The predicted octanol–water partition coefficient (Wildman–Crippen LogP) is 6.06. The van der Waals surface area contributed by atoms with Crippen LogP contribution in [0.25, 0.3) is 11.1 Å². The van der Waals surface area contributed by atoms with Crippen LogP contribution in [0.5, 0.6) is 5.75 Å². The highest BCUT2D eigenvalue weighted by Gasteiger charge is 2.21. The second-order valence-corrected chi connectivity index (χ2v) is 5.40. The Morgan fingerprint density at radius 2 is 1.54 bits per heavy atom. The molecule has 0 aliphatic rings. The summed E-state index contributed by atoms with van der Waals surface area (Å²) in [6, 6.07) is 4.54. The molecule has 26 heavy (non-hydrogen) atoms. The molecule has 0 spiro atoms. The minimum absolute atomic E-state index is 0.0303. The summed E-state index contributed by atoms with van der Waals surface area (Å²) >= 11 is 0. The van der Waals surface area contributed by atoms with E-state index >= 15 is 0 Å². The molecule has 0 fully saturated rings. The molecular weight excluding hydrogens is 358 g/mol. The van der Waals surface area contributed by atoms with Gasteiger partial charge < -0.3 is 4.74 Å². The van der Waals surface area contributed by atoms with E-state index in [0.29, 0.717) is 0 Å². The molecule has 0 unspecified atom stereocenters. The molecule has 0 saturated heterocycles. The van der Waals surface area contributed by atoms with Crippen LogP contribution in [0.15, 0.2) is 36.2 Å². The second-order valence-electron chi connectivity index (χ2n) is 5.40. The first kappa shape index (κ1) is 19.9. The molecule has 0 heterocycles. The Kier molecular flexibility index (Phi) is 6.71. The molecule has 0 amide bonds. The zero-order valence-corrected chi connectivity index (χ0v) is 13.9. The van der Waals surface area contributed by atoms with Crippen LogP contribution in [0, 0.1) is 23.3 Å². The highest BCUT2D eigenvalue weighted by atomic mass is 19.2. The van der Waals surface area contributed by atoms with Crippen molar-refractivity contribution in [2.24, 2.45) is 0 Å². The van der Waals surface area contributed by atoms with E-state index in [1.165, 1.54) is 6.07 Å². The molecule has 0 saturated carbocycles. The summed E-state index contributed by atoms with van der Waals surface area (Å²) < 4.78 is 86.2. The SMILES string of the molecule is CCOc1ccc(-c2ccc(CCC=C(F)CF)c(F)c2F)c(F)c1F. The number of hydrogen-bond acceptors (Lipinski definition) is 1. The smallest absolute Gasteiger partial charge is 0.201 e. The summed E-state index contributed by atoms with van der Waals surface area (Å²) in [6.07, 6.45) is 0.834. The van der Waals surface area contributed by atoms with E-state index in [-0.39, 0.29) is 30.8 Å². The van der Waals surface area contributed by atoms with Gasteiger partial charge in [0.25, 0.3) is 0 Å². The number of rotatable bonds is 7. The first-order valence-electron chi connectivity index (χ1n) is 7.89. The highest BCUT2D eigenvalue weighted by Crippen LogP contribution is 2.33. The van der Waals surface area contributed by atoms with Crippen molar-refractivity contribution in [3.8, 4) is 16.9 Å². The zero-order valence-electron chi connectivity index (χ0n) is 13.9. The Labute approximate surface area is 146 Å². The third-order valence-corrected chi connectivity index (χ3v) is 3.71. The average molecular weight is 374 g/mol. The van der Waals surface area contributed by atoms with Gasteiger partial charge in [-0.1, -0.05) is 12.1 Å². The lowest BCUT2D eigenvalue weighted by atomic mass is 9.99. The number of ether oxygens (including phenoxy) is 1. The van der Waals surface area contributed by atoms with Gasteiger partial charge in [-0.3, -0.25) is 0 Å². The quantitative estimate of drug-likeness (QED) is 0.535. The minimum atomic E-state index is -1.35. The van der Waals surface area contributed by atoms with Crippen LogP contribution in [-0.4, -0.2) is 13.3 Å². The fourth-order valence-corrected chi connectivity index (χ4v) is 2.44. The van der Waals surface area contributed by atoms with Crippen molar-refractivity contribution in [1.29, 1.82) is 0 Å². The third kappa shape index (κ3) is 4.20. The average Bonchev–Trinajstić information content (AvgIpc) is 2.63. The van der Waals surface area contributed by atoms with Gasteiger partial charge in [0.1, 0.15) is 12.5 Å². The van der Waals surface area contributed by atoms with Crippen LogP contribution in [0.3, 0.4) is 0 Å². The molecule has 0 aliphatic carbocycles. The fraction of sp³-hybridized carbons (Fsp3) is 0.263. The molecule has 7 heteroatoms. The van der Waals surface area contributed by atoms with E-state index in [0.717, 1.165) is 24.3 Å². The topological polar surface area (TPSA) is 9.23 Å². The molecular formula is C19H16F6O. The lowest BCUT2D eigenvalue weighted by Crippen LogP contribution is -2.01. The van der Waals surface area contributed by atoms with E-state index in [1.54, 1.807) is 6.92 Å². The second kappa shape index (κ2) is 8.78. The maximum absolute atomic E-state index is 14.3. The van der Waals surface area contributed by atoms with E-state index in [1.807, 2.05) is 0 Å². The van der Waals surface area contributed by atoms with Crippen molar-refractivity contribution in [3.05, 3.63) is 65.0 Å². The Morgan fingerprint density at radius 3 is 2.15 bits per heavy atom. The van der Waals surface area contributed by atoms with Gasteiger partial charge in [-0.25, -0.2) is 22.0 Å². The number of benzene rings is 2. The molecule has 0 aliphatic heterocycles. The van der Waals surface area contributed by atoms with Gasteiger partial charge >= 0.3 is 0 Å². The highest BCUT2D eigenvalue weighted by molar-refractivity contribution is 5.66. The van der Waals surface area contributed by atoms with Crippen LogP contribution in [0.4, 0.5) is 26.3 Å². The van der Waals surface area contributed by atoms with Crippen LogP contribution in [-0.2, 0) is 6.42 Å². The van der Waals surface area contributed by atoms with Crippen molar-refractivity contribution in [3.63, 3.8) is 0 Å². The van der Waals surface area contributed by atoms with Gasteiger partial charge in [-0.15, -0.1) is 0 Å². The van der Waals surface area contributed by atoms with Crippen molar-refractivity contribution >= 4 is 0 Å². The van der Waals surface area contributed by atoms with Gasteiger partial charge in [0.05, 0.1) is 6.61 Å². The van der Waals surface area contributed by atoms with Crippen LogP contribution < -0.4 is 4.74 Å². The summed E-state index contributed by atoms with van der Waals surface area (Å²) in [4.78, 5) is 0. The van der Waals surface area contributed by atoms with Crippen molar-refractivity contribution in [1.82, 2.24) is 0 Å². The number of aryl methyl sites for hydroxylation is 1. The molecule has 140 valence electrons. The van der Waals surface area contributed by atoms with Gasteiger partial charge in [0.2, 0.25) is 5.82 Å². The molecule has 2 rings (SSSR count). The van der Waals surface area contributed by atoms with Gasteiger partial charge in [0, 0.05) is 11.1 Å². The van der Waals surface area contributed by atoms with E-state index < -0.39 is 46.9 Å². The number of hydrogen-bond donors (Lipinski definition) is 0. The molecule has 0 aromatic heterocycles. The van der Waals surface area contributed by atoms with Crippen LogP contribution >= 0.6 is 0 Å². The predicted molar refractivity (Wildman–Crippen MR) is 86.4 cm³/mol. The van der Waals surface area contributed by atoms with E-state index in [9.17, 15) is 26.3 Å². The largest absolute Gasteiger partial charge is 0.491 e. The summed E-state index contributed by atoms with van der Waals surface area (Å²) in [5.41, 5.74) is -0.977. The number of halogens is 6. The van der Waals surface area contributed by atoms with Crippen LogP contribution in [0.1, 0.15) is 18.9 Å². The van der Waals surface area contributed by atoms with Gasteiger partial charge in [0.15, 0.2) is 23.2 Å². The number of alkyl halides is 1. The summed E-state index contributed by atoms with van der Waals surface area (Å²) in [5, 5.41) is 0. The summed E-state index contributed by atoms with van der Waals surface area (Å²) in [6.45, 7) is 0.441. The van der Waals surface area contributed by atoms with Crippen molar-refractivity contribution in [2.75, 3.05) is 13.3 Å². The molecule has 0 atom stereocenters. The first-order valence-corrected chi connectivity index (χ1v) is 7.89. The van der Waals surface area contributed by atoms with E-state index in [2.05, 4.69) is 0 Å². The van der Waals surface area contributed by atoms with E-state index in [4.69, 9.17) is 4.74 Å². The fourth-order valence-electron chi connectivity index (χ4n) is 2.44. The molecule has 0 N–H and O–H groups in total.